The van der Waals surface area contributed by atoms with Crippen molar-refractivity contribution in [3.8, 4) is 5.75 Å². The van der Waals surface area contributed by atoms with Crippen molar-refractivity contribution in [2.24, 2.45) is 5.92 Å². The number of ether oxygens (including phenoxy) is 2. The lowest BCUT2D eigenvalue weighted by atomic mass is 9.88. The van der Waals surface area contributed by atoms with Crippen LogP contribution in [0.1, 0.15) is 12.8 Å². The number of anilines is 1. The number of benzene rings is 1. The molecular formula is C16H19F3N2O4. The number of nitrogens with one attached hydrogen (secondary N) is 1. The molecule has 2 amide bonds. The molecule has 9 heteroatoms. The Morgan fingerprint density at radius 3 is 2.76 bits per heavy atom. The molecule has 0 spiro atoms. The maximum Gasteiger partial charge on any atom is 0.573 e. The fraction of sp³-hybridized carbons (Fsp3) is 0.500. The van der Waals surface area contributed by atoms with Crippen LogP contribution >= 0.6 is 0 Å². The van der Waals surface area contributed by atoms with Crippen LogP contribution in [-0.2, 0) is 14.3 Å². The zero-order valence-corrected chi connectivity index (χ0v) is 13.8. The summed E-state index contributed by atoms with van der Waals surface area (Å²) in [5, 5.41) is 2.58. The fourth-order valence-electron chi connectivity index (χ4n) is 2.81. The number of hydrogen-bond donors (Lipinski definition) is 1. The zero-order chi connectivity index (χ0) is 18.6. The highest BCUT2D eigenvalue weighted by atomic mass is 19.4. The molecule has 0 saturated carbocycles. The van der Waals surface area contributed by atoms with Crippen molar-refractivity contribution in [2.75, 3.05) is 26.1 Å². The van der Waals surface area contributed by atoms with Crippen molar-refractivity contribution < 1.29 is 32.2 Å². The SMILES string of the molecule is COC[C@@H]1[C@H](C(=O)Nc2cccc(OC(F)(F)F)c2)CCC(=O)N1C. The van der Waals surface area contributed by atoms with Crippen LogP contribution in [0.25, 0.3) is 0 Å². The summed E-state index contributed by atoms with van der Waals surface area (Å²) < 4.78 is 45.8. The second-order valence-electron chi connectivity index (χ2n) is 5.74. The van der Waals surface area contributed by atoms with E-state index in [1.807, 2.05) is 0 Å². The van der Waals surface area contributed by atoms with Gasteiger partial charge in [-0.3, -0.25) is 9.59 Å². The average molecular weight is 360 g/mol. The van der Waals surface area contributed by atoms with E-state index in [-0.39, 0.29) is 30.5 Å². The molecule has 1 saturated heterocycles. The molecular weight excluding hydrogens is 341 g/mol. The maximum atomic E-state index is 12.5. The van der Waals surface area contributed by atoms with Crippen LogP contribution in [0.4, 0.5) is 18.9 Å². The van der Waals surface area contributed by atoms with Gasteiger partial charge in [0.1, 0.15) is 5.75 Å². The molecule has 1 N–H and O–H groups in total. The van der Waals surface area contributed by atoms with Crippen LogP contribution in [0.5, 0.6) is 5.75 Å². The van der Waals surface area contributed by atoms with Crippen molar-refractivity contribution >= 4 is 17.5 Å². The van der Waals surface area contributed by atoms with Gasteiger partial charge in [0.15, 0.2) is 0 Å². The van der Waals surface area contributed by atoms with Crippen LogP contribution < -0.4 is 10.1 Å². The monoisotopic (exact) mass is 360 g/mol. The summed E-state index contributed by atoms with van der Waals surface area (Å²) in [5.41, 5.74) is 0.183. The molecule has 0 aliphatic carbocycles. The largest absolute Gasteiger partial charge is 0.573 e. The lowest BCUT2D eigenvalue weighted by Crippen LogP contribution is -2.52. The number of halogens is 3. The Bertz CT molecular complexity index is 636. The third kappa shape index (κ3) is 5.09. The number of rotatable bonds is 5. The topological polar surface area (TPSA) is 67.9 Å². The van der Waals surface area contributed by atoms with Crippen LogP contribution in [-0.4, -0.2) is 49.9 Å². The number of likely N-dealkylation sites (N-methyl/N-ethyl adjacent to an activating group) is 1. The lowest BCUT2D eigenvalue weighted by Gasteiger charge is -2.37. The predicted molar refractivity (Wildman–Crippen MR) is 82.9 cm³/mol. The molecule has 0 radical (unpaired) electrons. The van der Waals surface area contributed by atoms with E-state index in [9.17, 15) is 22.8 Å². The number of carbonyl (C=O) groups excluding carboxylic acids is 2. The maximum absolute atomic E-state index is 12.5. The van der Waals surface area contributed by atoms with Gasteiger partial charge in [0.25, 0.3) is 0 Å². The highest BCUT2D eigenvalue weighted by molar-refractivity contribution is 5.94. The van der Waals surface area contributed by atoms with Crippen molar-refractivity contribution in [1.82, 2.24) is 4.90 Å². The Hall–Kier alpha value is -2.29. The second kappa shape index (κ2) is 7.73. The van der Waals surface area contributed by atoms with Crippen molar-refractivity contribution in [1.29, 1.82) is 0 Å². The van der Waals surface area contributed by atoms with E-state index in [1.54, 1.807) is 7.05 Å². The summed E-state index contributed by atoms with van der Waals surface area (Å²) in [6.45, 7) is 0.192. The van der Waals surface area contributed by atoms with E-state index in [2.05, 4.69) is 10.1 Å². The molecule has 0 aromatic heterocycles. The van der Waals surface area contributed by atoms with Gasteiger partial charge in [-0.25, -0.2) is 0 Å². The number of alkyl halides is 3. The van der Waals surface area contributed by atoms with Crippen LogP contribution in [0.2, 0.25) is 0 Å². The van der Waals surface area contributed by atoms with Crippen LogP contribution in [0.3, 0.4) is 0 Å². The summed E-state index contributed by atoms with van der Waals surface area (Å²) >= 11 is 0. The molecule has 1 aliphatic heterocycles. The van der Waals surface area contributed by atoms with E-state index >= 15 is 0 Å². The van der Waals surface area contributed by atoms with Gasteiger partial charge in [-0.2, -0.15) is 0 Å². The van der Waals surface area contributed by atoms with E-state index in [4.69, 9.17) is 4.74 Å². The third-order valence-corrected chi connectivity index (χ3v) is 4.03. The Balaban J connectivity index is 2.10. The minimum Gasteiger partial charge on any atom is -0.406 e. The number of carbonyl (C=O) groups is 2. The summed E-state index contributed by atoms with van der Waals surface area (Å²) in [7, 11) is 3.07. The number of likely N-dealkylation sites (tertiary alicyclic amines) is 1. The number of nitrogens with zero attached hydrogens (tertiary/aromatic N) is 1. The van der Waals surface area contributed by atoms with Crippen LogP contribution in [0, 0.1) is 5.92 Å². The number of piperidine rings is 1. The molecule has 1 aliphatic rings. The molecule has 2 atom stereocenters. The Morgan fingerprint density at radius 1 is 1.40 bits per heavy atom. The van der Waals surface area contributed by atoms with E-state index < -0.39 is 24.1 Å². The summed E-state index contributed by atoms with van der Waals surface area (Å²) in [6, 6.07) is 4.61. The molecule has 0 bridgehead atoms. The van der Waals surface area contributed by atoms with E-state index in [0.29, 0.717) is 6.42 Å². The first kappa shape index (κ1) is 19.0. The summed E-state index contributed by atoms with van der Waals surface area (Å²) in [5.74, 6) is -1.40. The summed E-state index contributed by atoms with van der Waals surface area (Å²) in [6.07, 6.45) is -4.23. The fourth-order valence-corrected chi connectivity index (χ4v) is 2.81. The molecule has 25 heavy (non-hydrogen) atoms. The van der Waals surface area contributed by atoms with E-state index in [1.165, 1.54) is 24.1 Å². The first-order valence-electron chi connectivity index (χ1n) is 7.62. The van der Waals surface area contributed by atoms with Gasteiger partial charge in [0.2, 0.25) is 11.8 Å². The molecule has 0 unspecified atom stereocenters. The first-order valence-corrected chi connectivity index (χ1v) is 7.62. The van der Waals surface area contributed by atoms with Gasteiger partial charge in [-0.05, 0) is 18.6 Å². The number of hydrogen-bond acceptors (Lipinski definition) is 4. The lowest BCUT2D eigenvalue weighted by molar-refractivity contribution is -0.274. The molecule has 1 aromatic rings. The van der Waals surface area contributed by atoms with Gasteiger partial charge in [-0.1, -0.05) is 6.07 Å². The van der Waals surface area contributed by atoms with Crippen molar-refractivity contribution in [2.45, 2.75) is 25.2 Å². The molecule has 1 aromatic carbocycles. The minimum atomic E-state index is -4.81. The average Bonchev–Trinajstić information content (AvgIpc) is 2.50. The zero-order valence-electron chi connectivity index (χ0n) is 13.8. The molecule has 1 fully saturated rings. The highest BCUT2D eigenvalue weighted by Gasteiger charge is 2.38. The van der Waals surface area contributed by atoms with Gasteiger partial charge in [-0.15, -0.1) is 13.2 Å². The standard InChI is InChI=1S/C16H19F3N2O4/c1-21-13(9-24-2)12(6-7-14(21)22)15(23)20-10-4-3-5-11(8-10)25-16(17,18)19/h3-5,8,12-13H,6-7,9H2,1-2H3,(H,20,23)/t12-,13-/m1/s1. The Labute approximate surface area is 142 Å². The highest BCUT2D eigenvalue weighted by Crippen LogP contribution is 2.28. The normalized spacial score (nSPS) is 21.2. The summed E-state index contributed by atoms with van der Waals surface area (Å²) in [4.78, 5) is 25.8. The van der Waals surface area contributed by atoms with Crippen LogP contribution in [0.15, 0.2) is 24.3 Å². The Kier molecular flexibility index (Phi) is 5.89. The number of methoxy groups -OCH3 is 1. The Morgan fingerprint density at radius 2 is 2.12 bits per heavy atom. The van der Waals surface area contributed by atoms with Gasteiger partial charge < -0.3 is 19.7 Å². The number of amides is 2. The first-order chi connectivity index (χ1) is 11.7. The van der Waals surface area contributed by atoms with Gasteiger partial charge in [0.05, 0.1) is 18.6 Å². The molecule has 6 nitrogen and oxygen atoms in total. The van der Waals surface area contributed by atoms with Crippen molar-refractivity contribution in [3.63, 3.8) is 0 Å². The molecule has 2 rings (SSSR count). The third-order valence-electron chi connectivity index (χ3n) is 4.03. The molecule has 138 valence electrons. The smallest absolute Gasteiger partial charge is 0.406 e. The van der Waals surface area contributed by atoms with Gasteiger partial charge >= 0.3 is 6.36 Å². The quantitative estimate of drug-likeness (QED) is 0.876. The van der Waals surface area contributed by atoms with Crippen molar-refractivity contribution in [3.05, 3.63) is 24.3 Å². The second-order valence-corrected chi connectivity index (χ2v) is 5.74. The van der Waals surface area contributed by atoms with Gasteiger partial charge in [0, 0.05) is 32.3 Å². The molecule has 1 heterocycles. The minimum absolute atomic E-state index is 0.0772. The predicted octanol–water partition coefficient (Wildman–Crippen LogP) is 2.41. The van der Waals surface area contributed by atoms with E-state index in [0.717, 1.165) is 12.1 Å².